The predicted octanol–water partition coefficient (Wildman–Crippen LogP) is 2.76. The molecule has 2 N–H and O–H groups in total. The number of rotatable bonds is 7. The van der Waals surface area contributed by atoms with Crippen molar-refractivity contribution < 1.29 is 14.7 Å². The third-order valence-electron chi connectivity index (χ3n) is 3.20. The van der Waals surface area contributed by atoms with Crippen molar-refractivity contribution in [3.05, 3.63) is 65.2 Å². The van der Waals surface area contributed by atoms with Crippen LogP contribution in [0.3, 0.4) is 0 Å². The highest BCUT2D eigenvalue weighted by Gasteiger charge is 2.13. The third-order valence-corrected chi connectivity index (χ3v) is 3.20. The summed E-state index contributed by atoms with van der Waals surface area (Å²) in [6.07, 6.45) is -0.685. The Morgan fingerprint density at radius 1 is 1.14 bits per heavy atom. The molecule has 112 valence electrons. The number of hydroxylamine groups is 1. The summed E-state index contributed by atoms with van der Waals surface area (Å²) in [6.45, 7) is 2.74. The molecule has 0 spiro atoms. The van der Waals surface area contributed by atoms with Crippen LogP contribution in [0.1, 0.15) is 22.8 Å². The lowest BCUT2D eigenvalue weighted by Gasteiger charge is -2.16. The minimum Gasteiger partial charge on any atom is -0.496 e. The van der Waals surface area contributed by atoms with Gasteiger partial charge in [0, 0.05) is 5.56 Å². The molecule has 0 aliphatic heterocycles. The molecule has 2 aromatic rings. The second-order valence-electron chi connectivity index (χ2n) is 4.88. The minimum atomic E-state index is -0.685. The summed E-state index contributed by atoms with van der Waals surface area (Å²) in [5.41, 5.74) is 5.71. The van der Waals surface area contributed by atoms with Crippen LogP contribution >= 0.6 is 0 Å². The Balaban J connectivity index is 1.84. The molecule has 4 nitrogen and oxygen atoms in total. The van der Waals surface area contributed by atoms with E-state index in [1.807, 2.05) is 55.5 Å². The zero-order valence-corrected chi connectivity index (χ0v) is 12.4. The molecule has 1 atom stereocenters. The molecular formula is C17H21NO3. The number of ether oxygens (including phenoxy) is 1. The van der Waals surface area contributed by atoms with Gasteiger partial charge in [0.15, 0.2) is 0 Å². The summed E-state index contributed by atoms with van der Waals surface area (Å²) in [4.78, 5) is 5.36. The summed E-state index contributed by atoms with van der Waals surface area (Å²) in [5.74, 6) is 0.679. The Morgan fingerprint density at radius 3 is 2.62 bits per heavy atom. The third kappa shape index (κ3) is 4.56. The van der Waals surface area contributed by atoms with Crippen LogP contribution in [0.4, 0.5) is 0 Å². The maximum absolute atomic E-state index is 10.2. The van der Waals surface area contributed by atoms with Crippen molar-refractivity contribution in [1.82, 2.24) is 5.48 Å². The van der Waals surface area contributed by atoms with Crippen LogP contribution in [0.25, 0.3) is 0 Å². The SMILES string of the molecule is COc1ccc(C)cc1C(O)CNOCc1ccccc1. The molecule has 2 aromatic carbocycles. The van der Waals surface area contributed by atoms with Gasteiger partial charge in [-0.3, -0.25) is 4.84 Å². The number of hydrogen-bond acceptors (Lipinski definition) is 4. The van der Waals surface area contributed by atoms with Crippen LogP contribution in [0.5, 0.6) is 5.75 Å². The predicted molar refractivity (Wildman–Crippen MR) is 81.9 cm³/mol. The first kappa shape index (κ1) is 15.5. The van der Waals surface area contributed by atoms with Crippen LogP contribution < -0.4 is 10.2 Å². The van der Waals surface area contributed by atoms with Gasteiger partial charge in [-0.2, -0.15) is 5.48 Å². The Morgan fingerprint density at radius 2 is 1.90 bits per heavy atom. The molecule has 0 radical (unpaired) electrons. The van der Waals surface area contributed by atoms with E-state index in [9.17, 15) is 5.11 Å². The van der Waals surface area contributed by atoms with E-state index < -0.39 is 6.10 Å². The molecule has 0 saturated carbocycles. The quantitative estimate of drug-likeness (QED) is 0.607. The van der Waals surface area contributed by atoms with Crippen molar-refractivity contribution >= 4 is 0 Å². The van der Waals surface area contributed by atoms with E-state index in [0.717, 1.165) is 16.7 Å². The van der Waals surface area contributed by atoms with Gasteiger partial charge in [-0.25, -0.2) is 0 Å². The average molecular weight is 287 g/mol. The average Bonchev–Trinajstić information content (AvgIpc) is 2.52. The highest BCUT2D eigenvalue weighted by molar-refractivity contribution is 5.38. The summed E-state index contributed by atoms with van der Waals surface area (Å²) in [7, 11) is 1.60. The Kier molecular flexibility index (Phi) is 5.75. The number of nitrogens with one attached hydrogen (secondary N) is 1. The normalized spacial score (nSPS) is 12.1. The first-order chi connectivity index (χ1) is 10.2. The van der Waals surface area contributed by atoms with Gasteiger partial charge in [-0.05, 0) is 24.6 Å². The minimum absolute atomic E-state index is 0.298. The van der Waals surface area contributed by atoms with E-state index in [0.29, 0.717) is 18.9 Å². The fourth-order valence-electron chi connectivity index (χ4n) is 2.07. The van der Waals surface area contributed by atoms with Crippen molar-refractivity contribution in [1.29, 1.82) is 0 Å². The Labute approximate surface area is 125 Å². The van der Waals surface area contributed by atoms with Crippen LogP contribution in [0, 0.1) is 6.92 Å². The molecule has 0 amide bonds. The van der Waals surface area contributed by atoms with Gasteiger partial charge in [0.05, 0.1) is 26.4 Å². The molecule has 2 rings (SSSR count). The zero-order chi connectivity index (χ0) is 15.1. The van der Waals surface area contributed by atoms with Crippen molar-refractivity contribution in [2.45, 2.75) is 19.6 Å². The molecule has 0 fully saturated rings. The van der Waals surface area contributed by atoms with Crippen LogP contribution in [0.2, 0.25) is 0 Å². The van der Waals surface area contributed by atoms with E-state index >= 15 is 0 Å². The molecule has 0 saturated heterocycles. The van der Waals surface area contributed by atoms with Gasteiger partial charge in [0.25, 0.3) is 0 Å². The molecule has 4 heteroatoms. The van der Waals surface area contributed by atoms with E-state index in [4.69, 9.17) is 9.57 Å². The first-order valence-corrected chi connectivity index (χ1v) is 6.92. The van der Waals surface area contributed by atoms with E-state index in [2.05, 4.69) is 5.48 Å². The number of aliphatic hydroxyl groups excluding tert-OH is 1. The Hall–Kier alpha value is -1.88. The first-order valence-electron chi connectivity index (χ1n) is 6.92. The van der Waals surface area contributed by atoms with Gasteiger partial charge in [-0.15, -0.1) is 0 Å². The van der Waals surface area contributed by atoms with Crippen molar-refractivity contribution in [3.63, 3.8) is 0 Å². The van der Waals surface area contributed by atoms with Crippen LogP contribution in [-0.4, -0.2) is 18.8 Å². The van der Waals surface area contributed by atoms with E-state index in [1.54, 1.807) is 7.11 Å². The molecule has 0 aromatic heterocycles. The van der Waals surface area contributed by atoms with Crippen LogP contribution in [-0.2, 0) is 11.4 Å². The van der Waals surface area contributed by atoms with Crippen molar-refractivity contribution in [2.24, 2.45) is 0 Å². The molecular weight excluding hydrogens is 266 g/mol. The molecule has 0 heterocycles. The summed E-state index contributed by atoms with van der Waals surface area (Å²) in [5, 5.41) is 10.2. The van der Waals surface area contributed by atoms with Crippen LogP contribution in [0.15, 0.2) is 48.5 Å². The number of methoxy groups -OCH3 is 1. The smallest absolute Gasteiger partial charge is 0.124 e. The maximum atomic E-state index is 10.2. The number of aliphatic hydroxyl groups is 1. The van der Waals surface area contributed by atoms with Gasteiger partial charge in [0.1, 0.15) is 5.75 Å². The highest BCUT2D eigenvalue weighted by atomic mass is 16.6. The maximum Gasteiger partial charge on any atom is 0.124 e. The van der Waals surface area contributed by atoms with E-state index in [-0.39, 0.29) is 0 Å². The Bertz CT molecular complexity index is 557. The number of hydrogen-bond donors (Lipinski definition) is 2. The molecule has 0 aliphatic rings. The topological polar surface area (TPSA) is 50.7 Å². The summed E-state index contributed by atoms with van der Waals surface area (Å²) < 4.78 is 5.27. The van der Waals surface area contributed by atoms with Gasteiger partial charge >= 0.3 is 0 Å². The van der Waals surface area contributed by atoms with Gasteiger partial charge in [0.2, 0.25) is 0 Å². The molecule has 0 bridgehead atoms. The summed E-state index contributed by atoms with van der Waals surface area (Å²) >= 11 is 0. The fourth-order valence-corrected chi connectivity index (χ4v) is 2.07. The lowest BCUT2D eigenvalue weighted by molar-refractivity contribution is 0.00232. The van der Waals surface area contributed by atoms with Crippen molar-refractivity contribution in [3.8, 4) is 5.75 Å². The van der Waals surface area contributed by atoms with Crippen molar-refractivity contribution in [2.75, 3.05) is 13.7 Å². The second kappa shape index (κ2) is 7.78. The van der Waals surface area contributed by atoms with Gasteiger partial charge in [-0.1, -0.05) is 42.0 Å². The van der Waals surface area contributed by atoms with Gasteiger partial charge < -0.3 is 9.84 Å². The monoisotopic (exact) mass is 287 g/mol. The largest absolute Gasteiger partial charge is 0.496 e. The molecule has 0 aliphatic carbocycles. The second-order valence-corrected chi connectivity index (χ2v) is 4.88. The number of benzene rings is 2. The summed E-state index contributed by atoms with van der Waals surface area (Å²) in [6, 6.07) is 15.6. The highest BCUT2D eigenvalue weighted by Crippen LogP contribution is 2.25. The fraction of sp³-hybridized carbons (Fsp3) is 0.294. The van der Waals surface area contributed by atoms with E-state index in [1.165, 1.54) is 0 Å². The lowest BCUT2D eigenvalue weighted by Crippen LogP contribution is -2.22. The number of aryl methyl sites for hydroxylation is 1. The molecule has 21 heavy (non-hydrogen) atoms. The molecule has 1 unspecified atom stereocenters. The zero-order valence-electron chi connectivity index (χ0n) is 12.4. The lowest BCUT2D eigenvalue weighted by atomic mass is 10.1. The standard InChI is InChI=1S/C17H21NO3/c1-13-8-9-17(20-2)15(10-13)16(19)11-18-21-12-14-6-4-3-5-7-14/h3-10,16,18-19H,11-12H2,1-2H3.